The van der Waals surface area contributed by atoms with Gasteiger partial charge in [0.15, 0.2) is 6.04 Å². The lowest BCUT2D eigenvalue weighted by atomic mass is 9.62. The second-order valence-corrected chi connectivity index (χ2v) is 16.7. The predicted octanol–water partition coefficient (Wildman–Crippen LogP) is 3.86. The van der Waals surface area contributed by atoms with E-state index >= 15 is 4.79 Å². The molecule has 7 rings (SSSR count). The van der Waals surface area contributed by atoms with Crippen LogP contribution < -0.4 is 5.32 Å². The van der Waals surface area contributed by atoms with Gasteiger partial charge in [0.25, 0.3) is 0 Å². The molecular weight excluding hydrogens is 759 g/mol. The lowest BCUT2D eigenvalue weighted by molar-refractivity contribution is -0.204. The first kappa shape index (κ1) is 42.0. The third kappa shape index (κ3) is 9.07. The van der Waals surface area contributed by atoms with Crippen molar-refractivity contribution in [3.05, 3.63) is 107 Å². The van der Waals surface area contributed by atoms with Gasteiger partial charge in [-0.2, -0.15) is 5.06 Å². The van der Waals surface area contributed by atoms with E-state index in [-0.39, 0.29) is 44.8 Å². The van der Waals surface area contributed by atoms with Crippen LogP contribution in [-0.4, -0.2) is 113 Å². The Morgan fingerprint density at radius 3 is 2.49 bits per heavy atom. The fourth-order valence-corrected chi connectivity index (χ4v) is 8.70. The van der Waals surface area contributed by atoms with Crippen molar-refractivity contribution in [1.29, 1.82) is 0 Å². The van der Waals surface area contributed by atoms with Crippen molar-refractivity contribution in [2.45, 2.75) is 108 Å². The first-order valence-corrected chi connectivity index (χ1v) is 20.1. The zero-order valence-corrected chi connectivity index (χ0v) is 33.8. The SMILES string of the molecule is CN(C(=O)[C@@]12C[C@H]3OC(=O)[C@@H]1N(Cc1cccc(C=CCc4ccccc4O)c1)O[C@@H]2[C@H]1OCO[C@H]13)[C@H](Cc1ccccc1)C(=O)N[C@H](CO)CCC(=O)OC(C)(C)C. The van der Waals surface area contributed by atoms with Gasteiger partial charge in [-0.15, -0.1) is 0 Å². The first-order valence-electron chi connectivity index (χ1n) is 20.1. The summed E-state index contributed by atoms with van der Waals surface area (Å²) < 4.78 is 23.4. The molecule has 3 aromatic rings. The molecule has 3 saturated heterocycles. The number of fused-ring (bicyclic) bond motifs is 4. The quantitative estimate of drug-likeness (QED) is 0.190. The molecule has 14 nitrogen and oxygen atoms in total. The van der Waals surface area contributed by atoms with Gasteiger partial charge in [-0.3, -0.25) is 24.0 Å². The van der Waals surface area contributed by atoms with Gasteiger partial charge in [-0.05, 0) is 61.9 Å². The van der Waals surface area contributed by atoms with Crippen LogP contribution >= 0.6 is 0 Å². The molecule has 4 aliphatic rings. The number of hydrogen-bond donors (Lipinski definition) is 3. The van der Waals surface area contributed by atoms with Crippen molar-refractivity contribution in [1.82, 2.24) is 15.3 Å². The van der Waals surface area contributed by atoms with Crippen molar-refractivity contribution in [2.75, 3.05) is 20.4 Å². The average molecular weight is 812 g/mol. The second-order valence-electron chi connectivity index (χ2n) is 16.7. The Morgan fingerprint density at radius 2 is 1.75 bits per heavy atom. The van der Waals surface area contributed by atoms with Crippen molar-refractivity contribution in [3.63, 3.8) is 0 Å². The molecule has 0 spiro atoms. The number of carbonyl (C=O) groups is 4. The molecule has 3 aromatic carbocycles. The molecule has 0 radical (unpaired) electrons. The van der Waals surface area contributed by atoms with E-state index in [1.807, 2.05) is 78.9 Å². The number of hydroxylamine groups is 2. The van der Waals surface area contributed by atoms with E-state index in [9.17, 15) is 24.6 Å². The lowest BCUT2D eigenvalue weighted by Crippen LogP contribution is -2.70. The van der Waals surface area contributed by atoms with Gasteiger partial charge in [-0.1, -0.05) is 84.9 Å². The number of likely N-dealkylation sites (N-methyl/N-ethyl adjacent to an activating group) is 1. The van der Waals surface area contributed by atoms with E-state index in [2.05, 4.69) is 5.32 Å². The minimum atomic E-state index is -1.51. The average Bonchev–Trinajstić information content (AvgIpc) is 3.83. The monoisotopic (exact) mass is 811 g/mol. The fraction of sp³-hybridized carbons (Fsp3) is 0.467. The third-order valence-corrected chi connectivity index (χ3v) is 11.4. The van der Waals surface area contributed by atoms with Gasteiger partial charge >= 0.3 is 11.9 Å². The zero-order valence-electron chi connectivity index (χ0n) is 33.8. The molecule has 3 heterocycles. The van der Waals surface area contributed by atoms with Crippen LogP contribution in [0.1, 0.15) is 62.3 Å². The summed E-state index contributed by atoms with van der Waals surface area (Å²) in [5, 5.41) is 24.8. The number of phenols is 1. The number of amides is 2. The number of nitrogens with zero attached hydrogens (tertiary/aromatic N) is 2. The van der Waals surface area contributed by atoms with Crippen LogP contribution in [0.5, 0.6) is 5.75 Å². The number of aliphatic hydroxyl groups excluding tert-OH is 1. The maximum Gasteiger partial charge on any atom is 0.327 e. The number of rotatable bonds is 15. The Balaban J connectivity index is 1.15. The minimum Gasteiger partial charge on any atom is -0.508 e. The molecule has 0 unspecified atom stereocenters. The third-order valence-electron chi connectivity index (χ3n) is 11.4. The number of phenolic OH excluding ortho intramolecular Hbond substituents is 1. The summed E-state index contributed by atoms with van der Waals surface area (Å²) >= 11 is 0. The fourth-order valence-electron chi connectivity index (χ4n) is 8.70. The van der Waals surface area contributed by atoms with Crippen molar-refractivity contribution in [2.24, 2.45) is 5.41 Å². The van der Waals surface area contributed by atoms with Crippen molar-refractivity contribution >= 4 is 29.8 Å². The standard InChI is InChI=1S/C45H53N3O11/c1-44(2,3)58-36(51)21-20-32(26-49)46-41(52)33(23-29-12-6-5-7-13-29)47(4)43(54)45-24-35-37-38(56-27-55-37)40(45)59-48(39(45)42(53)57-35)25-30-16-10-14-28(22-30)15-11-18-31-17-8-9-19-34(31)50/h5-17,19,22,32-33,35,37-40,49-50H,18,20-21,23-27H2,1-4H3,(H,46,52)/t32-,33+,35+,37-,38-,39-,40+,45-/m0/s1. The van der Waals surface area contributed by atoms with Crippen molar-refractivity contribution < 1.29 is 53.2 Å². The van der Waals surface area contributed by atoms with Gasteiger partial charge in [0.1, 0.15) is 54.0 Å². The number of hydrogen-bond acceptors (Lipinski definition) is 12. The maximum absolute atomic E-state index is 15.4. The number of aliphatic hydroxyl groups is 1. The van der Waals surface area contributed by atoms with Crippen LogP contribution in [-0.2, 0) is 62.3 Å². The Hall–Kier alpha value is -5.12. The Morgan fingerprint density at radius 1 is 1.02 bits per heavy atom. The van der Waals surface area contributed by atoms with Gasteiger partial charge in [-0.25, -0.2) is 0 Å². The highest BCUT2D eigenvalue weighted by Gasteiger charge is 2.75. The molecule has 0 aromatic heterocycles. The number of carbonyl (C=O) groups excluding carboxylic acids is 4. The lowest BCUT2D eigenvalue weighted by Gasteiger charge is -2.50. The highest BCUT2D eigenvalue weighted by Crippen LogP contribution is 2.56. The molecule has 14 heteroatoms. The van der Waals surface area contributed by atoms with Gasteiger partial charge in [0.05, 0.1) is 19.2 Å². The summed E-state index contributed by atoms with van der Waals surface area (Å²) in [5.41, 5.74) is 1.08. The summed E-state index contributed by atoms with van der Waals surface area (Å²) in [6.45, 7) is 4.91. The summed E-state index contributed by atoms with van der Waals surface area (Å²) in [4.78, 5) is 64.3. The van der Waals surface area contributed by atoms with Crippen LogP contribution in [0.15, 0.2) is 84.9 Å². The van der Waals surface area contributed by atoms with Gasteiger partial charge in [0, 0.05) is 26.3 Å². The van der Waals surface area contributed by atoms with E-state index < -0.39 is 83.9 Å². The van der Waals surface area contributed by atoms with Gasteiger partial charge < -0.3 is 39.4 Å². The smallest absolute Gasteiger partial charge is 0.327 e. The van der Waals surface area contributed by atoms with Gasteiger partial charge in [0.2, 0.25) is 11.8 Å². The van der Waals surface area contributed by atoms with E-state index in [0.29, 0.717) is 6.42 Å². The highest BCUT2D eigenvalue weighted by molar-refractivity contribution is 5.96. The topological polar surface area (TPSA) is 173 Å². The van der Waals surface area contributed by atoms with E-state index in [4.69, 9.17) is 23.8 Å². The molecule has 1 aliphatic carbocycles. The number of allylic oxidation sites excluding steroid dienone is 1. The number of aromatic hydroxyl groups is 1. The summed E-state index contributed by atoms with van der Waals surface area (Å²) in [5.74, 6) is -1.89. The summed E-state index contributed by atoms with van der Waals surface area (Å²) in [6.07, 6.45) is 1.62. The minimum absolute atomic E-state index is 0.0356. The summed E-state index contributed by atoms with van der Waals surface area (Å²) in [6, 6.07) is 21.1. The number of nitrogens with one attached hydrogen (secondary N) is 1. The zero-order chi connectivity index (χ0) is 41.9. The number of ether oxygens (including phenoxy) is 4. The van der Waals surface area contributed by atoms with Crippen LogP contribution in [0.2, 0.25) is 0 Å². The van der Waals surface area contributed by atoms with Crippen LogP contribution in [0, 0.1) is 5.41 Å². The van der Waals surface area contributed by atoms with Crippen LogP contribution in [0.3, 0.4) is 0 Å². The molecular formula is C45H53N3O11. The molecule has 2 amide bonds. The van der Waals surface area contributed by atoms with Crippen LogP contribution in [0.25, 0.3) is 6.08 Å². The number of esters is 2. The maximum atomic E-state index is 15.4. The Bertz CT molecular complexity index is 2040. The number of para-hydroxylation sites is 1. The van der Waals surface area contributed by atoms with Crippen LogP contribution in [0.4, 0.5) is 0 Å². The van der Waals surface area contributed by atoms with E-state index in [1.54, 1.807) is 40.0 Å². The molecule has 3 N–H and O–H groups in total. The van der Waals surface area contributed by atoms with E-state index in [1.165, 1.54) is 9.96 Å². The Labute approximate surface area is 344 Å². The molecule has 2 bridgehead atoms. The molecule has 3 aliphatic heterocycles. The van der Waals surface area contributed by atoms with E-state index in [0.717, 1.165) is 22.3 Å². The van der Waals surface area contributed by atoms with Crippen molar-refractivity contribution in [3.8, 4) is 5.75 Å². The normalized spacial score (nSPS) is 25.8. The largest absolute Gasteiger partial charge is 0.508 e. The summed E-state index contributed by atoms with van der Waals surface area (Å²) in [7, 11) is 1.54. The molecule has 1 saturated carbocycles. The number of benzene rings is 3. The second kappa shape index (κ2) is 17.6. The molecule has 8 atom stereocenters. The Kier molecular flexibility index (Phi) is 12.5. The molecule has 59 heavy (non-hydrogen) atoms. The molecule has 314 valence electrons. The molecule has 4 fully saturated rings. The first-order chi connectivity index (χ1) is 28.3. The highest BCUT2D eigenvalue weighted by atomic mass is 16.8. The predicted molar refractivity (Wildman–Crippen MR) is 214 cm³/mol.